The van der Waals surface area contributed by atoms with Crippen LogP contribution in [0.3, 0.4) is 0 Å². The minimum atomic E-state index is -0.686. The van der Waals surface area contributed by atoms with Gasteiger partial charge in [0.05, 0.1) is 0 Å². The number of hydrogen-bond acceptors (Lipinski definition) is 6. The highest BCUT2D eigenvalue weighted by molar-refractivity contribution is 5.68. The summed E-state index contributed by atoms with van der Waals surface area (Å²) < 4.78 is 11.0. The van der Waals surface area contributed by atoms with Crippen LogP contribution in [-0.2, 0) is 9.47 Å². The molecule has 0 spiro atoms. The van der Waals surface area contributed by atoms with E-state index in [0.29, 0.717) is 18.9 Å². The number of unbranched alkanes of at least 4 members (excludes halogenated alkanes) is 2. The summed E-state index contributed by atoms with van der Waals surface area (Å²) in [5.74, 6) is 0.588. The SMILES string of the molecule is CCCCNC(=O)OC(C)N(c1ncccc1C)C(C)OC(=O)NCCCC. The highest BCUT2D eigenvalue weighted by atomic mass is 16.6. The van der Waals surface area contributed by atoms with Crippen LogP contribution in [0.4, 0.5) is 15.4 Å². The Balaban J connectivity index is 2.86. The Kier molecular flexibility index (Phi) is 10.8. The second-order valence-electron chi connectivity index (χ2n) is 6.62. The first kappa shape index (κ1) is 23.5. The fourth-order valence-corrected chi connectivity index (χ4v) is 2.63. The third-order valence-electron chi connectivity index (χ3n) is 4.16. The molecule has 0 aliphatic rings. The van der Waals surface area contributed by atoms with Crippen LogP contribution in [-0.4, -0.2) is 42.7 Å². The van der Waals surface area contributed by atoms with Crippen LogP contribution in [0, 0.1) is 6.92 Å². The van der Waals surface area contributed by atoms with Crippen molar-refractivity contribution in [2.24, 2.45) is 0 Å². The van der Waals surface area contributed by atoms with Gasteiger partial charge in [-0.3, -0.25) is 4.90 Å². The first-order valence-corrected chi connectivity index (χ1v) is 9.99. The van der Waals surface area contributed by atoms with Crippen LogP contribution in [0.25, 0.3) is 0 Å². The summed E-state index contributed by atoms with van der Waals surface area (Å²) in [6.45, 7) is 10.5. The summed E-state index contributed by atoms with van der Waals surface area (Å²) in [5, 5.41) is 5.44. The second-order valence-corrected chi connectivity index (χ2v) is 6.62. The molecule has 0 aliphatic carbocycles. The van der Waals surface area contributed by atoms with Gasteiger partial charge in [0, 0.05) is 19.3 Å². The van der Waals surface area contributed by atoms with Crippen LogP contribution >= 0.6 is 0 Å². The average molecular weight is 395 g/mol. The molecule has 1 aromatic rings. The van der Waals surface area contributed by atoms with E-state index in [9.17, 15) is 9.59 Å². The fourth-order valence-electron chi connectivity index (χ4n) is 2.63. The average Bonchev–Trinajstić information content (AvgIpc) is 2.64. The predicted octanol–water partition coefficient (Wildman–Crippen LogP) is 3.94. The topological polar surface area (TPSA) is 92.8 Å². The molecule has 2 amide bonds. The number of rotatable bonds is 11. The lowest BCUT2D eigenvalue weighted by Crippen LogP contribution is -2.48. The van der Waals surface area contributed by atoms with Gasteiger partial charge in [-0.05, 0) is 45.2 Å². The van der Waals surface area contributed by atoms with Crippen molar-refractivity contribution in [3.05, 3.63) is 23.9 Å². The van der Waals surface area contributed by atoms with Crippen LogP contribution in [0.1, 0.15) is 58.9 Å². The number of nitrogens with one attached hydrogen (secondary N) is 2. The van der Waals surface area contributed by atoms with Gasteiger partial charge in [0.2, 0.25) is 0 Å². The number of carbonyl (C=O) groups is 2. The minimum Gasteiger partial charge on any atom is -0.426 e. The zero-order valence-corrected chi connectivity index (χ0v) is 17.7. The summed E-state index contributed by atoms with van der Waals surface area (Å²) in [7, 11) is 0. The molecule has 2 atom stereocenters. The van der Waals surface area contributed by atoms with Gasteiger partial charge in [0.25, 0.3) is 0 Å². The van der Waals surface area contributed by atoms with Crippen molar-refractivity contribution < 1.29 is 19.1 Å². The van der Waals surface area contributed by atoms with Crippen LogP contribution in [0.15, 0.2) is 18.3 Å². The number of carbonyl (C=O) groups excluding carboxylic acids is 2. The Morgan fingerprint density at radius 1 is 1.04 bits per heavy atom. The molecule has 8 heteroatoms. The lowest BCUT2D eigenvalue weighted by molar-refractivity contribution is 0.0546. The smallest absolute Gasteiger partial charge is 0.409 e. The molecule has 0 aliphatic heterocycles. The van der Waals surface area contributed by atoms with Gasteiger partial charge in [0.15, 0.2) is 12.5 Å². The number of hydrogen-bond donors (Lipinski definition) is 2. The van der Waals surface area contributed by atoms with Crippen molar-refractivity contribution in [3.63, 3.8) is 0 Å². The molecule has 0 bridgehead atoms. The highest BCUT2D eigenvalue weighted by Crippen LogP contribution is 2.22. The van der Waals surface area contributed by atoms with Gasteiger partial charge in [-0.15, -0.1) is 0 Å². The maximum absolute atomic E-state index is 12.1. The van der Waals surface area contributed by atoms with Crippen molar-refractivity contribution >= 4 is 18.0 Å². The summed E-state index contributed by atoms with van der Waals surface area (Å²) >= 11 is 0. The Labute approximate surface area is 168 Å². The van der Waals surface area contributed by atoms with E-state index in [1.165, 1.54) is 0 Å². The lowest BCUT2D eigenvalue weighted by Gasteiger charge is -2.34. The zero-order chi connectivity index (χ0) is 20.9. The molecule has 2 unspecified atom stereocenters. The Morgan fingerprint density at radius 3 is 1.96 bits per heavy atom. The van der Waals surface area contributed by atoms with Gasteiger partial charge in [-0.2, -0.15) is 0 Å². The number of amides is 2. The number of alkyl carbamates (subject to hydrolysis) is 2. The Morgan fingerprint density at radius 2 is 1.54 bits per heavy atom. The Hall–Kier alpha value is -2.51. The molecule has 158 valence electrons. The molecule has 1 heterocycles. The lowest BCUT2D eigenvalue weighted by atomic mass is 10.2. The van der Waals surface area contributed by atoms with Crippen molar-refractivity contribution in [3.8, 4) is 0 Å². The van der Waals surface area contributed by atoms with E-state index < -0.39 is 24.6 Å². The third kappa shape index (κ3) is 8.02. The molecule has 8 nitrogen and oxygen atoms in total. The zero-order valence-electron chi connectivity index (χ0n) is 17.7. The van der Waals surface area contributed by atoms with E-state index in [1.54, 1.807) is 24.9 Å². The fraction of sp³-hybridized carbons (Fsp3) is 0.650. The maximum atomic E-state index is 12.1. The third-order valence-corrected chi connectivity index (χ3v) is 4.16. The molecule has 2 N–H and O–H groups in total. The molecular formula is C20H34N4O4. The summed E-state index contributed by atoms with van der Waals surface area (Å²) in [4.78, 5) is 30.2. The van der Waals surface area contributed by atoms with Gasteiger partial charge in [-0.25, -0.2) is 14.6 Å². The predicted molar refractivity (Wildman–Crippen MR) is 109 cm³/mol. The van der Waals surface area contributed by atoms with E-state index in [2.05, 4.69) is 15.6 Å². The van der Waals surface area contributed by atoms with Crippen molar-refractivity contribution in [1.82, 2.24) is 15.6 Å². The summed E-state index contributed by atoms with van der Waals surface area (Å²) in [6, 6.07) is 3.72. The number of nitrogens with zero attached hydrogens (tertiary/aromatic N) is 2. The molecular weight excluding hydrogens is 360 g/mol. The van der Waals surface area contributed by atoms with E-state index in [4.69, 9.17) is 9.47 Å². The van der Waals surface area contributed by atoms with Crippen LogP contribution in [0.2, 0.25) is 0 Å². The second kappa shape index (κ2) is 12.8. The van der Waals surface area contributed by atoms with Crippen molar-refractivity contribution in [2.45, 2.75) is 72.8 Å². The van der Waals surface area contributed by atoms with E-state index >= 15 is 0 Å². The number of aryl methyl sites for hydroxylation is 1. The summed E-state index contributed by atoms with van der Waals surface area (Å²) in [5.41, 5.74) is 0.881. The number of ether oxygens (including phenoxy) is 2. The summed E-state index contributed by atoms with van der Waals surface area (Å²) in [6.07, 6.45) is 2.96. The molecule has 0 aromatic carbocycles. The van der Waals surface area contributed by atoms with Crippen molar-refractivity contribution in [2.75, 3.05) is 18.0 Å². The Bertz CT molecular complexity index is 582. The monoisotopic (exact) mass is 394 g/mol. The first-order chi connectivity index (χ1) is 13.4. The van der Waals surface area contributed by atoms with Crippen molar-refractivity contribution in [1.29, 1.82) is 0 Å². The van der Waals surface area contributed by atoms with Gasteiger partial charge >= 0.3 is 12.2 Å². The number of aromatic nitrogens is 1. The number of pyridine rings is 1. The molecule has 0 saturated heterocycles. The van der Waals surface area contributed by atoms with Gasteiger partial charge in [-0.1, -0.05) is 32.8 Å². The van der Waals surface area contributed by atoms with Crippen LogP contribution < -0.4 is 15.5 Å². The largest absolute Gasteiger partial charge is 0.426 e. The molecule has 0 radical (unpaired) electrons. The molecule has 1 rings (SSSR count). The molecule has 0 fully saturated rings. The molecule has 28 heavy (non-hydrogen) atoms. The standard InChI is InChI=1S/C20H34N4O4/c1-6-8-12-22-19(25)27-16(4)24(18-15(3)11-10-14-21-18)17(5)28-20(26)23-13-9-7-2/h10-11,14,16-17H,6-9,12-13H2,1-5H3,(H,22,25)(H,23,26). The highest BCUT2D eigenvalue weighted by Gasteiger charge is 2.28. The minimum absolute atomic E-state index is 0.515. The molecule has 0 saturated carbocycles. The number of anilines is 1. The van der Waals surface area contributed by atoms with Crippen LogP contribution in [0.5, 0.6) is 0 Å². The van der Waals surface area contributed by atoms with Gasteiger partial charge in [0.1, 0.15) is 5.82 Å². The quantitative estimate of drug-likeness (QED) is 0.436. The molecule has 1 aromatic heterocycles. The van der Waals surface area contributed by atoms with E-state index in [-0.39, 0.29) is 0 Å². The van der Waals surface area contributed by atoms with E-state index in [1.807, 2.05) is 32.9 Å². The normalized spacial score (nSPS) is 12.6. The maximum Gasteiger partial charge on any atom is 0.409 e. The van der Waals surface area contributed by atoms with Gasteiger partial charge < -0.3 is 20.1 Å². The first-order valence-electron chi connectivity index (χ1n) is 9.99. The van der Waals surface area contributed by atoms with E-state index in [0.717, 1.165) is 31.2 Å².